The molecule has 3 heterocycles. The number of hydrogen-bond donors (Lipinski definition) is 1. The Morgan fingerprint density at radius 3 is 2.67 bits per heavy atom. The third kappa shape index (κ3) is 3.57. The van der Waals surface area contributed by atoms with Crippen LogP contribution in [0.3, 0.4) is 0 Å². The molecule has 0 spiro atoms. The summed E-state index contributed by atoms with van der Waals surface area (Å²) >= 11 is 0. The lowest BCUT2D eigenvalue weighted by Gasteiger charge is -2.41. The van der Waals surface area contributed by atoms with Gasteiger partial charge in [-0.15, -0.1) is 0 Å². The summed E-state index contributed by atoms with van der Waals surface area (Å²) < 4.78 is 5.99. The Balaban J connectivity index is 1.15. The first-order valence-corrected chi connectivity index (χ1v) is 9.97. The molecule has 0 unspecified atom stereocenters. The molecule has 0 bridgehead atoms. The summed E-state index contributed by atoms with van der Waals surface area (Å²) in [4.78, 5) is 5.20. The molecule has 1 aliphatic carbocycles. The van der Waals surface area contributed by atoms with Crippen LogP contribution in [0.25, 0.3) is 11.5 Å². The van der Waals surface area contributed by atoms with Gasteiger partial charge in [-0.2, -0.15) is 5.10 Å². The number of fused-ring (bicyclic) bond motifs is 1. The zero-order valence-electron chi connectivity index (χ0n) is 15.6. The fourth-order valence-electron chi connectivity index (χ4n) is 4.50. The smallest absolute Gasteiger partial charge is 0.152 e. The molecule has 0 saturated carbocycles. The third-order valence-electron chi connectivity index (χ3n) is 6.05. The topological polar surface area (TPSA) is 48.3 Å². The number of piperazine rings is 1. The minimum Gasteiger partial charge on any atom is -0.458 e. The van der Waals surface area contributed by atoms with Crippen molar-refractivity contribution in [2.24, 2.45) is 0 Å². The van der Waals surface area contributed by atoms with Crippen molar-refractivity contribution in [3.8, 4) is 11.5 Å². The monoisotopic (exact) mass is 362 g/mol. The lowest BCUT2D eigenvalue weighted by atomic mass is 9.87. The standard InChI is InChI=1S/C22H26N4O/c1-2-4-18-15-19(6-5-17(18)3-1)26-13-11-25(12-14-26)16-20-7-8-22(27-20)21-9-10-23-24-21/h1-4,7-10,19H,5-6,11-16H2,(H,23,24)/t19-/m0/s1. The highest BCUT2D eigenvalue weighted by molar-refractivity contribution is 5.51. The molecule has 1 atom stereocenters. The van der Waals surface area contributed by atoms with Crippen molar-refractivity contribution in [1.29, 1.82) is 0 Å². The van der Waals surface area contributed by atoms with Gasteiger partial charge in [0.05, 0.1) is 6.54 Å². The van der Waals surface area contributed by atoms with Crippen molar-refractivity contribution in [3.05, 3.63) is 65.5 Å². The van der Waals surface area contributed by atoms with Gasteiger partial charge in [-0.05, 0) is 48.6 Å². The average Bonchev–Trinajstić information content (AvgIpc) is 3.40. The zero-order valence-corrected chi connectivity index (χ0v) is 15.6. The maximum atomic E-state index is 5.99. The second-order valence-corrected chi connectivity index (χ2v) is 7.71. The summed E-state index contributed by atoms with van der Waals surface area (Å²) in [6, 6.07) is 15.7. The van der Waals surface area contributed by atoms with Crippen molar-refractivity contribution in [1.82, 2.24) is 20.0 Å². The highest BCUT2D eigenvalue weighted by Gasteiger charge is 2.27. The fourth-order valence-corrected chi connectivity index (χ4v) is 4.50. The van der Waals surface area contributed by atoms with Gasteiger partial charge >= 0.3 is 0 Å². The largest absolute Gasteiger partial charge is 0.458 e. The van der Waals surface area contributed by atoms with E-state index < -0.39 is 0 Å². The second kappa shape index (κ2) is 7.33. The van der Waals surface area contributed by atoms with Crippen LogP contribution in [0.1, 0.15) is 23.3 Å². The van der Waals surface area contributed by atoms with Gasteiger partial charge in [0, 0.05) is 38.4 Å². The zero-order chi connectivity index (χ0) is 18.1. The second-order valence-electron chi connectivity index (χ2n) is 7.71. The maximum absolute atomic E-state index is 5.99. The van der Waals surface area contributed by atoms with Crippen molar-refractivity contribution >= 4 is 0 Å². The van der Waals surface area contributed by atoms with Gasteiger partial charge in [-0.25, -0.2) is 0 Å². The number of furan rings is 1. The Morgan fingerprint density at radius 1 is 1.00 bits per heavy atom. The van der Waals surface area contributed by atoms with Gasteiger partial charge in [0.15, 0.2) is 5.76 Å². The molecular formula is C22H26N4O. The highest BCUT2D eigenvalue weighted by Crippen LogP contribution is 2.26. The molecule has 0 radical (unpaired) electrons. The number of nitrogens with zero attached hydrogens (tertiary/aromatic N) is 3. The van der Waals surface area contributed by atoms with E-state index >= 15 is 0 Å². The molecule has 1 aliphatic heterocycles. The molecule has 0 amide bonds. The predicted molar refractivity (Wildman–Crippen MR) is 105 cm³/mol. The molecule has 1 N–H and O–H groups in total. The summed E-state index contributed by atoms with van der Waals surface area (Å²) in [5.74, 6) is 1.89. The highest BCUT2D eigenvalue weighted by atomic mass is 16.3. The average molecular weight is 362 g/mol. The number of hydrogen-bond acceptors (Lipinski definition) is 4. The van der Waals surface area contributed by atoms with Gasteiger partial charge in [-0.1, -0.05) is 24.3 Å². The number of aromatic nitrogens is 2. The van der Waals surface area contributed by atoms with E-state index in [1.54, 1.807) is 17.3 Å². The molecular weight excluding hydrogens is 336 g/mol. The number of rotatable bonds is 4. The molecule has 27 heavy (non-hydrogen) atoms. The van der Waals surface area contributed by atoms with Crippen LogP contribution in [0.2, 0.25) is 0 Å². The summed E-state index contributed by atoms with van der Waals surface area (Å²) in [5, 5.41) is 6.94. The van der Waals surface area contributed by atoms with Crippen molar-refractivity contribution < 1.29 is 4.42 Å². The van der Waals surface area contributed by atoms with Crippen molar-refractivity contribution in [2.45, 2.75) is 31.8 Å². The first-order chi connectivity index (χ1) is 13.3. The van der Waals surface area contributed by atoms with Crippen LogP contribution in [0, 0.1) is 0 Å². The predicted octanol–water partition coefficient (Wildman–Crippen LogP) is 3.34. The number of aromatic amines is 1. The number of H-pyrrole nitrogens is 1. The molecule has 3 aromatic rings. The van der Waals surface area contributed by atoms with Crippen LogP contribution in [0.15, 0.2) is 53.1 Å². The first-order valence-electron chi connectivity index (χ1n) is 9.97. The lowest BCUT2D eigenvalue weighted by molar-refractivity contribution is 0.0819. The Kier molecular flexibility index (Phi) is 4.56. The van der Waals surface area contributed by atoms with E-state index in [9.17, 15) is 0 Å². The van der Waals surface area contributed by atoms with E-state index in [4.69, 9.17) is 4.42 Å². The van der Waals surface area contributed by atoms with E-state index in [0.717, 1.165) is 49.9 Å². The molecule has 5 heteroatoms. The Hall–Kier alpha value is -2.37. The minimum absolute atomic E-state index is 0.706. The van der Waals surface area contributed by atoms with E-state index in [0.29, 0.717) is 6.04 Å². The van der Waals surface area contributed by atoms with E-state index in [-0.39, 0.29) is 0 Å². The summed E-state index contributed by atoms with van der Waals surface area (Å²) in [6.07, 6.45) is 5.48. The van der Waals surface area contributed by atoms with Crippen molar-refractivity contribution in [2.75, 3.05) is 26.2 Å². The molecule has 5 nitrogen and oxygen atoms in total. The Labute approximate surface area is 160 Å². The van der Waals surface area contributed by atoms with Gasteiger partial charge in [0.1, 0.15) is 11.5 Å². The van der Waals surface area contributed by atoms with Crippen LogP contribution in [0.4, 0.5) is 0 Å². The van der Waals surface area contributed by atoms with Gasteiger partial charge in [0.25, 0.3) is 0 Å². The molecule has 140 valence electrons. The van der Waals surface area contributed by atoms with Crippen LogP contribution in [0.5, 0.6) is 0 Å². The summed E-state index contributed by atoms with van der Waals surface area (Å²) in [6.45, 7) is 5.41. The molecule has 1 fully saturated rings. The molecule has 2 aromatic heterocycles. The normalized spacial score (nSPS) is 21.3. The van der Waals surface area contributed by atoms with Gasteiger partial charge in [0.2, 0.25) is 0 Å². The van der Waals surface area contributed by atoms with Gasteiger partial charge < -0.3 is 4.42 Å². The lowest BCUT2D eigenvalue weighted by Crippen LogP contribution is -2.51. The Morgan fingerprint density at radius 2 is 1.85 bits per heavy atom. The van der Waals surface area contributed by atoms with Gasteiger partial charge in [-0.3, -0.25) is 14.9 Å². The van der Waals surface area contributed by atoms with Crippen LogP contribution < -0.4 is 0 Å². The van der Waals surface area contributed by atoms with Crippen LogP contribution in [-0.2, 0) is 19.4 Å². The van der Waals surface area contributed by atoms with Crippen LogP contribution in [-0.4, -0.2) is 52.2 Å². The minimum atomic E-state index is 0.706. The quantitative estimate of drug-likeness (QED) is 0.773. The number of benzene rings is 1. The molecule has 5 rings (SSSR count). The SMILES string of the molecule is c1ccc2c(c1)CC[C@H](N1CCN(Cc3ccc(-c4ccn[nH]4)o3)CC1)C2. The summed E-state index contributed by atoms with van der Waals surface area (Å²) in [7, 11) is 0. The van der Waals surface area contributed by atoms with E-state index in [1.165, 1.54) is 19.3 Å². The van der Waals surface area contributed by atoms with Crippen LogP contribution >= 0.6 is 0 Å². The van der Waals surface area contributed by atoms with E-state index in [2.05, 4.69) is 50.3 Å². The molecule has 1 aromatic carbocycles. The van der Waals surface area contributed by atoms with E-state index in [1.807, 2.05) is 12.1 Å². The summed E-state index contributed by atoms with van der Waals surface area (Å²) in [5.41, 5.74) is 4.04. The number of aryl methyl sites for hydroxylation is 1. The first kappa shape index (κ1) is 16.8. The Bertz CT molecular complexity index is 877. The van der Waals surface area contributed by atoms with Crippen molar-refractivity contribution in [3.63, 3.8) is 0 Å². The number of nitrogens with one attached hydrogen (secondary N) is 1. The third-order valence-corrected chi connectivity index (χ3v) is 6.05. The fraction of sp³-hybridized carbons (Fsp3) is 0.409. The maximum Gasteiger partial charge on any atom is 0.152 e. The molecule has 2 aliphatic rings. The molecule has 1 saturated heterocycles.